The summed E-state index contributed by atoms with van der Waals surface area (Å²) in [6, 6.07) is 14.2. The van der Waals surface area contributed by atoms with Gasteiger partial charge < -0.3 is 9.80 Å². The van der Waals surface area contributed by atoms with Gasteiger partial charge in [-0.05, 0) is 35.2 Å². The van der Waals surface area contributed by atoms with Gasteiger partial charge in [0.25, 0.3) is 0 Å². The maximum absolute atomic E-state index is 13.3. The Kier molecular flexibility index (Phi) is 4.93. The first-order valence-corrected chi connectivity index (χ1v) is 10.2. The average Bonchev–Trinajstić information content (AvgIpc) is 2.70. The number of benzene rings is 2. The van der Waals surface area contributed by atoms with Gasteiger partial charge in [-0.15, -0.1) is 0 Å². The molecule has 4 rings (SSSR count). The maximum Gasteiger partial charge on any atom is 0.242 e. The van der Waals surface area contributed by atoms with Crippen LogP contribution in [0.1, 0.15) is 55.8 Å². The van der Waals surface area contributed by atoms with Gasteiger partial charge in [0.1, 0.15) is 5.82 Å². The smallest absolute Gasteiger partial charge is 0.242 e. The fourth-order valence-electron chi connectivity index (χ4n) is 4.82. The third-order valence-electron chi connectivity index (χ3n) is 6.32. The van der Waals surface area contributed by atoms with Crippen LogP contribution >= 0.6 is 0 Å². The highest BCUT2D eigenvalue weighted by molar-refractivity contribution is 5.90. The first-order chi connectivity index (χ1) is 13.8. The third kappa shape index (κ3) is 3.43. The lowest BCUT2D eigenvalue weighted by Gasteiger charge is -2.50. The molecule has 2 aliphatic heterocycles. The summed E-state index contributed by atoms with van der Waals surface area (Å²) in [4.78, 5) is 30.0. The van der Waals surface area contributed by atoms with Crippen molar-refractivity contribution in [2.75, 3.05) is 19.6 Å². The zero-order valence-electron chi connectivity index (χ0n) is 17.2. The van der Waals surface area contributed by atoms with Gasteiger partial charge in [-0.3, -0.25) is 9.59 Å². The van der Waals surface area contributed by atoms with Crippen LogP contribution in [0.3, 0.4) is 0 Å². The summed E-state index contributed by atoms with van der Waals surface area (Å²) < 4.78 is 13.3. The number of rotatable bonds is 3. The summed E-state index contributed by atoms with van der Waals surface area (Å²) >= 11 is 0. The van der Waals surface area contributed by atoms with Gasteiger partial charge in [0, 0.05) is 18.5 Å². The quantitative estimate of drug-likeness (QED) is 0.789. The first-order valence-electron chi connectivity index (χ1n) is 10.2. The molecule has 2 unspecified atom stereocenters. The lowest BCUT2D eigenvalue weighted by atomic mass is 9.75. The number of piperazine rings is 1. The van der Waals surface area contributed by atoms with Crippen molar-refractivity contribution in [2.45, 2.75) is 44.6 Å². The minimum Gasteiger partial charge on any atom is -0.331 e. The second-order valence-corrected chi connectivity index (χ2v) is 8.74. The monoisotopic (exact) mass is 394 g/mol. The summed E-state index contributed by atoms with van der Waals surface area (Å²) in [7, 11) is 0. The Morgan fingerprint density at radius 1 is 1.17 bits per heavy atom. The van der Waals surface area contributed by atoms with Gasteiger partial charge in [0.15, 0.2) is 0 Å². The second kappa shape index (κ2) is 7.29. The molecule has 2 aromatic rings. The van der Waals surface area contributed by atoms with E-state index in [0.29, 0.717) is 19.5 Å². The SMILES string of the molecule is CCC(C(=O)N1CC(=O)N2CC(C)(C)c3ccccc3C2C1)c1ccc(F)cc1. The molecular weight excluding hydrogens is 367 g/mol. The minimum absolute atomic E-state index is 0.00821. The molecule has 2 atom stereocenters. The highest BCUT2D eigenvalue weighted by Gasteiger charge is 2.44. The molecule has 0 aromatic heterocycles. The number of carbonyl (C=O) groups is 2. The standard InChI is InChI=1S/C24H27FN2O2/c1-4-18(16-9-11-17(25)12-10-16)23(29)26-13-21-19-7-5-6-8-20(19)24(2,3)15-27(21)22(28)14-26/h5-12,18,21H,4,13-15H2,1-3H3. The van der Waals surface area contributed by atoms with Crippen LogP contribution in [0.2, 0.25) is 0 Å². The third-order valence-corrected chi connectivity index (χ3v) is 6.32. The number of hydrogen-bond acceptors (Lipinski definition) is 2. The summed E-state index contributed by atoms with van der Waals surface area (Å²) in [6.07, 6.45) is 0.604. The molecule has 1 fully saturated rings. The van der Waals surface area contributed by atoms with Crippen LogP contribution in [0.4, 0.5) is 4.39 Å². The normalized spacial score (nSPS) is 21.4. The molecule has 0 radical (unpaired) electrons. The van der Waals surface area contributed by atoms with E-state index in [0.717, 1.165) is 11.1 Å². The molecule has 29 heavy (non-hydrogen) atoms. The van der Waals surface area contributed by atoms with Crippen molar-refractivity contribution in [3.8, 4) is 0 Å². The maximum atomic E-state index is 13.3. The molecule has 2 aliphatic rings. The van der Waals surface area contributed by atoms with E-state index in [4.69, 9.17) is 0 Å². The average molecular weight is 394 g/mol. The molecule has 0 spiro atoms. The predicted octanol–water partition coefficient (Wildman–Crippen LogP) is 4.02. The molecule has 2 amide bonds. The Morgan fingerprint density at radius 3 is 2.55 bits per heavy atom. The highest BCUT2D eigenvalue weighted by atomic mass is 19.1. The fraction of sp³-hybridized carbons (Fsp3) is 0.417. The molecule has 152 valence electrons. The van der Waals surface area contributed by atoms with Gasteiger partial charge >= 0.3 is 0 Å². The zero-order valence-corrected chi connectivity index (χ0v) is 17.2. The van der Waals surface area contributed by atoms with Crippen molar-refractivity contribution in [3.63, 3.8) is 0 Å². The number of fused-ring (bicyclic) bond motifs is 3. The second-order valence-electron chi connectivity index (χ2n) is 8.74. The Morgan fingerprint density at radius 2 is 1.86 bits per heavy atom. The van der Waals surface area contributed by atoms with Crippen LogP contribution in [0, 0.1) is 5.82 Å². The molecule has 5 heteroatoms. The van der Waals surface area contributed by atoms with Crippen LogP contribution in [0.25, 0.3) is 0 Å². The van der Waals surface area contributed by atoms with E-state index in [9.17, 15) is 14.0 Å². The lowest BCUT2D eigenvalue weighted by Crippen LogP contribution is -2.59. The van der Waals surface area contributed by atoms with Gasteiger partial charge in [-0.1, -0.05) is 57.2 Å². The van der Waals surface area contributed by atoms with Crippen molar-refractivity contribution < 1.29 is 14.0 Å². The van der Waals surface area contributed by atoms with Crippen molar-refractivity contribution in [1.29, 1.82) is 0 Å². The number of carbonyl (C=O) groups excluding carboxylic acids is 2. The summed E-state index contributed by atoms with van der Waals surface area (Å²) in [5.74, 6) is -0.757. The molecule has 0 bridgehead atoms. The van der Waals surface area contributed by atoms with Crippen molar-refractivity contribution in [3.05, 3.63) is 71.0 Å². The van der Waals surface area contributed by atoms with Crippen molar-refractivity contribution in [1.82, 2.24) is 9.80 Å². The Bertz CT molecular complexity index is 938. The molecule has 2 aromatic carbocycles. The predicted molar refractivity (Wildman–Crippen MR) is 110 cm³/mol. The van der Waals surface area contributed by atoms with E-state index in [1.165, 1.54) is 17.7 Å². The largest absolute Gasteiger partial charge is 0.331 e. The van der Waals surface area contributed by atoms with E-state index >= 15 is 0 Å². The molecule has 0 saturated carbocycles. The molecule has 2 heterocycles. The van der Waals surface area contributed by atoms with E-state index in [2.05, 4.69) is 26.0 Å². The van der Waals surface area contributed by atoms with E-state index in [1.54, 1.807) is 17.0 Å². The molecule has 4 nitrogen and oxygen atoms in total. The number of hydrogen-bond donors (Lipinski definition) is 0. The van der Waals surface area contributed by atoms with Crippen molar-refractivity contribution >= 4 is 11.8 Å². The minimum atomic E-state index is -0.370. The van der Waals surface area contributed by atoms with E-state index < -0.39 is 0 Å². The van der Waals surface area contributed by atoms with E-state index in [1.807, 2.05) is 24.0 Å². The number of amides is 2. The van der Waals surface area contributed by atoms with Gasteiger partial charge in [-0.25, -0.2) is 4.39 Å². The summed E-state index contributed by atoms with van der Waals surface area (Å²) in [5, 5.41) is 0. The molecule has 0 aliphatic carbocycles. The number of nitrogens with zero attached hydrogens (tertiary/aromatic N) is 2. The Balaban J connectivity index is 1.64. The fourth-order valence-corrected chi connectivity index (χ4v) is 4.82. The van der Waals surface area contributed by atoms with Gasteiger partial charge in [0.2, 0.25) is 11.8 Å². The van der Waals surface area contributed by atoms with E-state index in [-0.39, 0.29) is 41.6 Å². The summed E-state index contributed by atoms with van der Waals surface area (Å²) in [5.41, 5.74) is 3.05. The highest BCUT2D eigenvalue weighted by Crippen LogP contribution is 2.41. The Hall–Kier alpha value is -2.69. The van der Waals surface area contributed by atoms with Crippen LogP contribution in [0.5, 0.6) is 0 Å². The van der Waals surface area contributed by atoms with Crippen LogP contribution < -0.4 is 0 Å². The molecule has 1 saturated heterocycles. The summed E-state index contributed by atoms with van der Waals surface area (Å²) in [6.45, 7) is 7.52. The van der Waals surface area contributed by atoms with Gasteiger partial charge in [0.05, 0.1) is 18.5 Å². The number of halogens is 1. The topological polar surface area (TPSA) is 40.6 Å². The Labute approximate surface area is 171 Å². The molecular formula is C24H27FN2O2. The zero-order chi connectivity index (χ0) is 20.8. The lowest BCUT2D eigenvalue weighted by molar-refractivity contribution is -0.151. The molecule has 0 N–H and O–H groups in total. The first kappa shape index (κ1) is 19.6. The van der Waals surface area contributed by atoms with Crippen LogP contribution in [0.15, 0.2) is 48.5 Å². The van der Waals surface area contributed by atoms with Crippen molar-refractivity contribution in [2.24, 2.45) is 0 Å². The van der Waals surface area contributed by atoms with Crippen LogP contribution in [-0.2, 0) is 15.0 Å². The van der Waals surface area contributed by atoms with Crippen LogP contribution in [-0.4, -0.2) is 41.2 Å². The van der Waals surface area contributed by atoms with Gasteiger partial charge in [-0.2, -0.15) is 0 Å².